The fourth-order valence-corrected chi connectivity index (χ4v) is 4.20. The lowest BCUT2D eigenvalue weighted by Crippen LogP contribution is -2.47. The zero-order chi connectivity index (χ0) is 19.1. The lowest BCUT2D eigenvalue weighted by Gasteiger charge is -2.29. The molecule has 148 valence electrons. The number of ether oxygens (including phenoxy) is 1. The smallest absolute Gasteiger partial charge is 0.321 e. The SMILES string of the molecule is COc1ccc([C@H]2CCCCCN2CC(=O)NC(=O)NC2CCCC2)cc1. The number of carbonyl (C=O) groups excluding carboxylic acids is 2. The summed E-state index contributed by atoms with van der Waals surface area (Å²) in [6.07, 6.45) is 8.74. The lowest BCUT2D eigenvalue weighted by molar-refractivity contribution is -0.121. The third kappa shape index (κ3) is 5.70. The summed E-state index contributed by atoms with van der Waals surface area (Å²) < 4.78 is 5.25. The van der Waals surface area contributed by atoms with Gasteiger partial charge in [-0.05, 0) is 49.9 Å². The molecule has 1 saturated carbocycles. The fraction of sp³-hybridized carbons (Fsp3) is 0.619. The average molecular weight is 373 g/mol. The highest BCUT2D eigenvalue weighted by molar-refractivity contribution is 5.95. The van der Waals surface area contributed by atoms with Gasteiger partial charge in [-0.3, -0.25) is 15.0 Å². The number of imide groups is 1. The maximum atomic E-state index is 12.5. The van der Waals surface area contributed by atoms with Crippen LogP contribution in [-0.4, -0.2) is 43.1 Å². The van der Waals surface area contributed by atoms with Gasteiger partial charge in [0.2, 0.25) is 5.91 Å². The molecule has 3 amide bonds. The lowest BCUT2D eigenvalue weighted by atomic mass is 10.0. The van der Waals surface area contributed by atoms with Crippen molar-refractivity contribution in [3.8, 4) is 5.75 Å². The van der Waals surface area contributed by atoms with Gasteiger partial charge in [-0.2, -0.15) is 0 Å². The second-order valence-corrected chi connectivity index (χ2v) is 7.61. The van der Waals surface area contributed by atoms with E-state index >= 15 is 0 Å². The highest BCUT2D eigenvalue weighted by atomic mass is 16.5. The second-order valence-electron chi connectivity index (χ2n) is 7.61. The molecule has 0 unspecified atom stereocenters. The van der Waals surface area contributed by atoms with Crippen LogP contribution < -0.4 is 15.4 Å². The Morgan fingerprint density at radius 2 is 1.74 bits per heavy atom. The normalized spacial score (nSPS) is 21.4. The number of hydrogen-bond donors (Lipinski definition) is 2. The number of methoxy groups -OCH3 is 1. The van der Waals surface area contributed by atoms with Crippen molar-refractivity contribution < 1.29 is 14.3 Å². The van der Waals surface area contributed by atoms with Gasteiger partial charge < -0.3 is 10.1 Å². The van der Waals surface area contributed by atoms with Gasteiger partial charge in [0.25, 0.3) is 0 Å². The Morgan fingerprint density at radius 3 is 2.44 bits per heavy atom. The molecular weight excluding hydrogens is 342 g/mol. The van der Waals surface area contributed by atoms with Crippen LogP contribution in [-0.2, 0) is 4.79 Å². The average Bonchev–Trinajstić information content (AvgIpc) is 3.06. The molecule has 1 saturated heterocycles. The first-order valence-corrected chi connectivity index (χ1v) is 10.1. The van der Waals surface area contributed by atoms with Gasteiger partial charge >= 0.3 is 6.03 Å². The van der Waals surface area contributed by atoms with Gasteiger partial charge in [0.05, 0.1) is 13.7 Å². The predicted octanol–water partition coefficient (Wildman–Crippen LogP) is 3.38. The number of rotatable bonds is 5. The van der Waals surface area contributed by atoms with E-state index in [4.69, 9.17) is 4.74 Å². The number of benzene rings is 1. The van der Waals surface area contributed by atoms with Crippen molar-refractivity contribution in [3.05, 3.63) is 29.8 Å². The maximum Gasteiger partial charge on any atom is 0.321 e. The molecule has 1 aromatic carbocycles. The van der Waals surface area contributed by atoms with Crippen molar-refractivity contribution in [2.75, 3.05) is 20.2 Å². The molecule has 1 aliphatic carbocycles. The van der Waals surface area contributed by atoms with Crippen molar-refractivity contribution in [2.45, 2.75) is 63.5 Å². The van der Waals surface area contributed by atoms with Gasteiger partial charge in [0.15, 0.2) is 0 Å². The van der Waals surface area contributed by atoms with Crippen molar-refractivity contribution in [1.29, 1.82) is 0 Å². The van der Waals surface area contributed by atoms with E-state index in [0.29, 0.717) is 0 Å². The molecular formula is C21H31N3O3. The Balaban J connectivity index is 1.58. The Labute approximate surface area is 161 Å². The van der Waals surface area contributed by atoms with Crippen molar-refractivity contribution in [2.24, 2.45) is 0 Å². The summed E-state index contributed by atoms with van der Waals surface area (Å²) in [7, 11) is 1.66. The summed E-state index contributed by atoms with van der Waals surface area (Å²) in [6, 6.07) is 8.13. The third-order valence-corrected chi connectivity index (χ3v) is 5.65. The van der Waals surface area contributed by atoms with Crippen LogP contribution in [0.2, 0.25) is 0 Å². The molecule has 6 heteroatoms. The predicted molar refractivity (Wildman–Crippen MR) is 105 cm³/mol. The summed E-state index contributed by atoms with van der Waals surface area (Å²) in [4.78, 5) is 26.7. The number of urea groups is 1. The van der Waals surface area contributed by atoms with Crippen LogP contribution in [0.3, 0.4) is 0 Å². The molecule has 0 bridgehead atoms. The van der Waals surface area contributed by atoms with Gasteiger partial charge in [0, 0.05) is 12.1 Å². The van der Waals surface area contributed by atoms with Crippen LogP contribution in [0, 0.1) is 0 Å². The topological polar surface area (TPSA) is 70.7 Å². The number of hydrogen-bond acceptors (Lipinski definition) is 4. The second kappa shape index (κ2) is 9.74. The zero-order valence-corrected chi connectivity index (χ0v) is 16.2. The highest BCUT2D eigenvalue weighted by Gasteiger charge is 2.25. The number of likely N-dealkylation sites (tertiary alicyclic amines) is 1. The minimum atomic E-state index is -0.359. The van der Waals surface area contributed by atoms with Crippen LogP contribution in [0.25, 0.3) is 0 Å². The molecule has 2 N–H and O–H groups in total. The monoisotopic (exact) mass is 373 g/mol. The molecule has 3 rings (SSSR count). The van der Waals surface area contributed by atoms with E-state index in [1.165, 1.54) is 12.0 Å². The van der Waals surface area contributed by atoms with E-state index in [-0.39, 0.29) is 30.6 Å². The Morgan fingerprint density at radius 1 is 1.04 bits per heavy atom. The Hall–Kier alpha value is -2.08. The maximum absolute atomic E-state index is 12.5. The van der Waals surface area contributed by atoms with Crippen LogP contribution in [0.1, 0.15) is 63.0 Å². The molecule has 1 heterocycles. The molecule has 27 heavy (non-hydrogen) atoms. The van der Waals surface area contributed by atoms with Gasteiger partial charge in [-0.15, -0.1) is 0 Å². The fourth-order valence-electron chi connectivity index (χ4n) is 4.20. The number of nitrogens with one attached hydrogen (secondary N) is 2. The minimum absolute atomic E-state index is 0.196. The van der Waals surface area contributed by atoms with E-state index in [9.17, 15) is 9.59 Å². The largest absolute Gasteiger partial charge is 0.497 e. The van der Waals surface area contributed by atoms with E-state index in [2.05, 4.69) is 27.7 Å². The first kappa shape index (κ1) is 19.7. The molecule has 2 aliphatic rings. The molecule has 6 nitrogen and oxygen atoms in total. The first-order chi connectivity index (χ1) is 13.2. The quantitative estimate of drug-likeness (QED) is 0.830. The van der Waals surface area contributed by atoms with Crippen LogP contribution >= 0.6 is 0 Å². The van der Waals surface area contributed by atoms with Gasteiger partial charge in [-0.25, -0.2) is 4.79 Å². The summed E-state index contributed by atoms with van der Waals surface area (Å²) in [6.45, 7) is 1.11. The molecule has 0 aromatic heterocycles. The Kier molecular flexibility index (Phi) is 7.10. The van der Waals surface area contributed by atoms with Crippen molar-refractivity contribution in [1.82, 2.24) is 15.5 Å². The zero-order valence-electron chi connectivity index (χ0n) is 16.2. The van der Waals surface area contributed by atoms with Crippen LogP contribution in [0.15, 0.2) is 24.3 Å². The van der Waals surface area contributed by atoms with E-state index < -0.39 is 0 Å². The third-order valence-electron chi connectivity index (χ3n) is 5.65. The molecule has 1 aliphatic heterocycles. The summed E-state index contributed by atoms with van der Waals surface area (Å²) >= 11 is 0. The van der Waals surface area contributed by atoms with Crippen molar-refractivity contribution >= 4 is 11.9 Å². The molecule has 2 fully saturated rings. The highest BCUT2D eigenvalue weighted by Crippen LogP contribution is 2.30. The number of nitrogens with zero attached hydrogens (tertiary/aromatic N) is 1. The summed E-state index contributed by atoms with van der Waals surface area (Å²) in [5.41, 5.74) is 1.20. The first-order valence-electron chi connectivity index (χ1n) is 10.1. The molecule has 1 aromatic rings. The minimum Gasteiger partial charge on any atom is -0.497 e. The van der Waals surface area contributed by atoms with Gasteiger partial charge in [-0.1, -0.05) is 37.8 Å². The molecule has 0 radical (unpaired) electrons. The van der Waals surface area contributed by atoms with Gasteiger partial charge in [0.1, 0.15) is 5.75 Å². The van der Waals surface area contributed by atoms with E-state index in [0.717, 1.165) is 57.2 Å². The van der Waals surface area contributed by atoms with E-state index in [1.807, 2.05) is 12.1 Å². The Bertz CT molecular complexity index is 626. The molecule has 0 spiro atoms. The van der Waals surface area contributed by atoms with Crippen LogP contribution in [0.4, 0.5) is 4.79 Å². The summed E-state index contributed by atoms with van der Waals surface area (Å²) in [5.74, 6) is 0.603. The summed E-state index contributed by atoms with van der Waals surface area (Å²) in [5, 5.41) is 5.43. The molecule has 1 atom stereocenters. The van der Waals surface area contributed by atoms with Crippen LogP contribution in [0.5, 0.6) is 5.75 Å². The van der Waals surface area contributed by atoms with Crippen molar-refractivity contribution in [3.63, 3.8) is 0 Å². The number of amides is 3. The standard InChI is InChI=1S/C21H31N3O3/c1-27-18-12-10-16(11-13-18)19-9-3-2-6-14-24(19)15-20(25)23-21(26)22-17-7-4-5-8-17/h10-13,17,19H,2-9,14-15H2,1H3,(H2,22,23,25,26)/t19-/m1/s1. The van der Waals surface area contributed by atoms with E-state index in [1.54, 1.807) is 7.11 Å². The number of carbonyl (C=O) groups is 2.